The van der Waals surface area contributed by atoms with E-state index in [1.165, 1.54) is 6.92 Å². The molecule has 1 heterocycles. The maximum atomic E-state index is 11.5. The first kappa shape index (κ1) is 16.7. The Morgan fingerprint density at radius 1 is 1.17 bits per heavy atom. The highest BCUT2D eigenvalue weighted by atomic mass is 79.9. The number of nitrogens with zero attached hydrogens (tertiary/aromatic N) is 2. The predicted octanol–water partition coefficient (Wildman–Crippen LogP) is 4.97. The highest BCUT2D eigenvalue weighted by Crippen LogP contribution is 2.24. The van der Waals surface area contributed by atoms with Crippen LogP contribution in [0, 0.1) is 0 Å². The first-order valence-electron chi connectivity index (χ1n) is 7.37. The average molecular weight is 405 g/mol. The lowest BCUT2D eigenvalue weighted by atomic mass is 10.1. The van der Waals surface area contributed by atoms with Gasteiger partial charge in [-0.25, -0.2) is 4.68 Å². The number of carbonyl (C=O) groups excluding carboxylic acids is 1. The van der Waals surface area contributed by atoms with E-state index in [2.05, 4.69) is 26.3 Å². The zero-order chi connectivity index (χ0) is 17.1. The molecule has 3 aromatic rings. The summed E-state index contributed by atoms with van der Waals surface area (Å²) in [6, 6.07) is 17.3. The van der Waals surface area contributed by atoms with Crippen molar-refractivity contribution < 1.29 is 4.79 Å². The maximum absolute atomic E-state index is 11.5. The monoisotopic (exact) mass is 403 g/mol. The number of carbonyl (C=O) groups is 1. The van der Waals surface area contributed by atoms with Gasteiger partial charge in [0.1, 0.15) is 5.82 Å². The van der Waals surface area contributed by atoms with Crippen molar-refractivity contribution in [2.75, 3.05) is 5.32 Å². The van der Waals surface area contributed by atoms with Gasteiger partial charge in [-0.15, -0.1) is 0 Å². The van der Waals surface area contributed by atoms with Crippen molar-refractivity contribution >= 4 is 39.3 Å². The van der Waals surface area contributed by atoms with Crippen LogP contribution in [0.1, 0.15) is 12.5 Å². The Kier molecular flexibility index (Phi) is 5.02. The number of hydrogen-bond acceptors (Lipinski definition) is 2. The quantitative estimate of drug-likeness (QED) is 0.667. The summed E-state index contributed by atoms with van der Waals surface area (Å²) in [6.07, 6.45) is 0. The fourth-order valence-electron chi connectivity index (χ4n) is 2.34. The van der Waals surface area contributed by atoms with Gasteiger partial charge < -0.3 is 5.32 Å². The molecule has 0 aliphatic heterocycles. The molecule has 0 radical (unpaired) electrons. The Labute approximate surface area is 153 Å². The summed E-state index contributed by atoms with van der Waals surface area (Å²) in [6.45, 7) is 2.03. The van der Waals surface area contributed by atoms with Crippen LogP contribution in [0.25, 0.3) is 11.3 Å². The van der Waals surface area contributed by atoms with Gasteiger partial charge in [0.05, 0.1) is 12.2 Å². The molecule has 3 rings (SSSR count). The van der Waals surface area contributed by atoms with E-state index < -0.39 is 0 Å². The molecule has 0 aliphatic rings. The van der Waals surface area contributed by atoms with Gasteiger partial charge in [0.2, 0.25) is 5.91 Å². The molecular formula is C18H15BrClN3O. The van der Waals surface area contributed by atoms with Crippen molar-refractivity contribution in [3.05, 3.63) is 69.7 Å². The molecule has 1 aromatic heterocycles. The van der Waals surface area contributed by atoms with Crippen LogP contribution in [-0.4, -0.2) is 15.7 Å². The lowest BCUT2D eigenvalue weighted by Crippen LogP contribution is -2.12. The molecule has 122 valence electrons. The van der Waals surface area contributed by atoms with Crippen LogP contribution in [0.2, 0.25) is 5.02 Å². The Bertz CT molecular complexity index is 857. The fourth-order valence-corrected chi connectivity index (χ4v) is 2.73. The second kappa shape index (κ2) is 7.20. The molecule has 0 bridgehead atoms. The van der Waals surface area contributed by atoms with Crippen molar-refractivity contribution in [1.82, 2.24) is 9.78 Å². The van der Waals surface area contributed by atoms with E-state index in [4.69, 9.17) is 11.6 Å². The molecular weight excluding hydrogens is 390 g/mol. The minimum Gasteiger partial charge on any atom is -0.311 e. The topological polar surface area (TPSA) is 46.9 Å². The van der Waals surface area contributed by atoms with Crippen molar-refractivity contribution in [2.24, 2.45) is 0 Å². The summed E-state index contributed by atoms with van der Waals surface area (Å²) in [5.41, 5.74) is 2.84. The SMILES string of the molecule is CC(=O)Nc1cc(-c2ccc(Br)cc2)nn1Cc1ccc(Cl)cc1. The first-order valence-corrected chi connectivity index (χ1v) is 8.54. The third-order valence-corrected chi connectivity index (χ3v) is 4.25. The summed E-state index contributed by atoms with van der Waals surface area (Å²) >= 11 is 9.36. The highest BCUT2D eigenvalue weighted by molar-refractivity contribution is 9.10. The van der Waals surface area contributed by atoms with Crippen LogP contribution < -0.4 is 5.32 Å². The summed E-state index contributed by atoms with van der Waals surface area (Å²) in [5.74, 6) is 0.532. The smallest absolute Gasteiger partial charge is 0.222 e. The van der Waals surface area contributed by atoms with E-state index in [0.717, 1.165) is 21.3 Å². The number of hydrogen-bond donors (Lipinski definition) is 1. The number of benzene rings is 2. The predicted molar refractivity (Wildman–Crippen MR) is 100 cm³/mol. The van der Waals surface area contributed by atoms with Crippen molar-refractivity contribution in [1.29, 1.82) is 0 Å². The van der Waals surface area contributed by atoms with Crippen molar-refractivity contribution in [3.63, 3.8) is 0 Å². The third kappa shape index (κ3) is 4.04. The van der Waals surface area contributed by atoms with Gasteiger partial charge in [-0.3, -0.25) is 4.79 Å². The lowest BCUT2D eigenvalue weighted by molar-refractivity contribution is -0.114. The Morgan fingerprint density at radius 2 is 1.83 bits per heavy atom. The van der Waals surface area contributed by atoms with E-state index >= 15 is 0 Å². The van der Waals surface area contributed by atoms with Gasteiger partial charge in [-0.1, -0.05) is 51.8 Å². The molecule has 0 spiro atoms. The highest BCUT2D eigenvalue weighted by Gasteiger charge is 2.11. The second-order valence-corrected chi connectivity index (χ2v) is 6.74. The standard InChI is InChI=1S/C18H15BrClN3O/c1-12(24)21-18-10-17(14-4-6-15(19)7-5-14)22-23(18)11-13-2-8-16(20)9-3-13/h2-10H,11H2,1H3,(H,21,24). The van der Waals surface area contributed by atoms with Crippen molar-refractivity contribution in [3.8, 4) is 11.3 Å². The number of nitrogens with one attached hydrogen (secondary N) is 1. The molecule has 4 nitrogen and oxygen atoms in total. The molecule has 0 saturated carbocycles. The molecule has 0 atom stereocenters. The van der Waals surface area contributed by atoms with Gasteiger partial charge >= 0.3 is 0 Å². The average Bonchev–Trinajstić information content (AvgIpc) is 2.92. The Hall–Kier alpha value is -2.11. The molecule has 0 fully saturated rings. The van der Waals surface area contributed by atoms with Crippen LogP contribution in [0.3, 0.4) is 0 Å². The Morgan fingerprint density at radius 3 is 2.46 bits per heavy atom. The molecule has 1 amide bonds. The van der Waals surface area contributed by atoms with Gasteiger partial charge in [0, 0.05) is 28.0 Å². The van der Waals surface area contributed by atoms with Crippen LogP contribution >= 0.6 is 27.5 Å². The number of aromatic nitrogens is 2. The molecule has 24 heavy (non-hydrogen) atoms. The normalized spacial score (nSPS) is 10.6. The van der Waals surface area contributed by atoms with E-state index in [0.29, 0.717) is 17.4 Å². The van der Waals surface area contributed by atoms with Crippen LogP contribution in [0.4, 0.5) is 5.82 Å². The number of rotatable bonds is 4. The fraction of sp³-hybridized carbons (Fsp3) is 0.111. The van der Waals surface area contributed by atoms with Crippen LogP contribution in [0.15, 0.2) is 59.1 Å². The largest absolute Gasteiger partial charge is 0.311 e. The Balaban J connectivity index is 1.95. The summed E-state index contributed by atoms with van der Waals surface area (Å²) in [7, 11) is 0. The first-order chi connectivity index (χ1) is 11.5. The van der Waals surface area contributed by atoms with Gasteiger partial charge in [0.25, 0.3) is 0 Å². The second-order valence-electron chi connectivity index (χ2n) is 5.39. The van der Waals surface area contributed by atoms with Gasteiger partial charge in [-0.2, -0.15) is 5.10 Å². The zero-order valence-corrected chi connectivity index (χ0v) is 15.3. The molecule has 2 aromatic carbocycles. The maximum Gasteiger partial charge on any atom is 0.222 e. The molecule has 0 unspecified atom stereocenters. The number of halogens is 2. The molecule has 0 saturated heterocycles. The van der Waals surface area contributed by atoms with Gasteiger partial charge in [-0.05, 0) is 29.8 Å². The molecule has 0 aliphatic carbocycles. The van der Waals surface area contributed by atoms with E-state index in [-0.39, 0.29) is 5.91 Å². The van der Waals surface area contributed by atoms with Crippen LogP contribution in [0.5, 0.6) is 0 Å². The molecule has 1 N–H and O–H groups in total. The van der Waals surface area contributed by atoms with E-state index in [1.807, 2.05) is 54.6 Å². The van der Waals surface area contributed by atoms with Gasteiger partial charge in [0.15, 0.2) is 0 Å². The number of anilines is 1. The van der Waals surface area contributed by atoms with Crippen molar-refractivity contribution in [2.45, 2.75) is 13.5 Å². The summed E-state index contributed by atoms with van der Waals surface area (Å²) < 4.78 is 2.79. The molecule has 6 heteroatoms. The summed E-state index contributed by atoms with van der Waals surface area (Å²) in [4.78, 5) is 11.5. The van der Waals surface area contributed by atoms with E-state index in [9.17, 15) is 4.79 Å². The van der Waals surface area contributed by atoms with Crippen LogP contribution in [-0.2, 0) is 11.3 Å². The third-order valence-electron chi connectivity index (χ3n) is 3.47. The van der Waals surface area contributed by atoms with E-state index in [1.54, 1.807) is 4.68 Å². The summed E-state index contributed by atoms with van der Waals surface area (Å²) in [5, 5.41) is 8.16. The lowest BCUT2D eigenvalue weighted by Gasteiger charge is -2.07. The zero-order valence-electron chi connectivity index (χ0n) is 13.0. The minimum absolute atomic E-state index is 0.130. The number of amides is 1. The minimum atomic E-state index is -0.130.